The van der Waals surface area contributed by atoms with Gasteiger partial charge in [0.2, 0.25) is 5.91 Å². The fraction of sp³-hybridized carbons (Fsp3) is 0.562. The molecule has 1 heterocycles. The van der Waals surface area contributed by atoms with Crippen molar-refractivity contribution in [3.63, 3.8) is 0 Å². The van der Waals surface area contributed by atoms with Gasteiger partial charge in [-0.2, -0.15) is 0 Å². The maximum Gasteiger partial charge on any atom is 0.246 e. The SMILES string of the molecule is CCCNC1C(=O)Nc2cc(N(C)CCN(C)C)ccc21. The smallest absolute Gasteiger partial charge is 0.246 e. The highest BCUT2D eigenvalue weighted by atomic mass is 16.2. The van der Waals surface area contributed by atoms with Crippen LogP contribution in [-0.4, -0.2) is 51.6 Å². The van der Waals surface area contributed by atoms with Crippen LogP contribution in [0.15, 0.2) is 18.2 Å². The summed E-state index contributed by atoms with van der Waals surface area (Å²) in [6.45, 7) is 4.91. The Labute approximate surface area is 127 Å². The Bertz CT molecular complexity index is 501. The van der Waals surface area contributed by atoms with Gasteiger partial charge in [-0.15, -0.1) is 0 Å². The molecule has 2 rings (SSSR count). The minimum absolute atomic E-state index is 0.0477. The van der Waals surface area contributed by atoms with E-state index in [-0.39, 0.29) is 11.9 Å². The lowest BCUT2D eigenvalue weighted by atomic mass is 10.1. The van der Waals surface area contributed by atoms with Crippen LogP contribution in [0.5, 0.6) is 0 Å². The Morgan fingerprint density at radius 2 is 2.00 bits per heavy atom. The summed E-state index contributed by atoms with van der Waals surface area (Å²) in [4.78, 5) is 16.4. The lowest BCUT2D eigenvalue weighted by molar-refractivity contribution is -0.117. The lowest BCUT2D eigenvalue weighted by Crippen LogP contribution is -2.28. The Hall–Kier alpha value is -1.59. The van der Waals surface area contributed by atoms with Crippen LogP contribution in [0, 0.1) is 0 Å². The van der Waals surface area contributed by atoms with Crippen molar-refractivity contribution in [1.82, 2.24) is 10.2 Å². The molecule has 1 aliphatic rings. The molecular formula is C16H26N4O. The summed E-state index contributed by atoms with van der Waals surface area (Å²) in [5.74, 6) is 0.0477. The molecule has 0 saturated carbocycles. The zero-order chi connectivity index (χ0) is 15.4. The fourth-order valence-corrected chi connectivity index (χ4v) is 2.46. The van der Waals surface area contributed by atoms with Crippen molar-refractivity contribution in [2.45, 2.75) is 19.4 Å². The summed E-state index contributed by atoms with van der Waals surface area (Å²) >= 11 is 0. The second-order valence-electron chi connectivity index (χ2n) is 5.87. The second kappa shape index (κ2) is 6.91. The molecule has 1 aliphatic heterocycles. The molecule has 0 radical (unpaired) electrons. The summed E-state index contributed by atoms with van der Waals surface area (Å²) < 4.78 is 0. The minimum atomic E-state index is -0.207. The predicted octanol–water partition coefficient (Wildman–Crippen LogP) is 1.68. The standard InChI is InChI=1S/C16H26N4O/c1-5-8-17-15-13-7-6-12(11-14(13)18-16(15)21)20(4)10-9-19(2)3/h6-7,11,15,17H,5,8-10H2,1-4H3,(H,18,21). The number of likely N-dealkylation sites (N-methyl/N-ethyl adjacent to an activating group) is 2. The molecule has 0 aromatic heterocycles. The first kappa shape index (κ1) is 15.8. The van der Waals surface area contributed by atoms with E-state index in [0.29, 0.717) is 0 Å². The van der Waals surface area contributed by atoms with Crippen LogP contribution in [0.25, 0.3) is 0 Å². The van der Waals surface area contributed by atoms with Crippen molar-refractivity contribution in [3.8, 4) is 0 Å². The highest BCUT2D eigenvalue weighted by Gasteiger charge is 2.30. The van der Waals surface area contributed by atoms with E-state index in [1.807, 2.05) is 0 Å². The zero-order valence-electron chi connectivity index (χ0n) is 13.4. The topological polar surface area (TPSA) is 47.6 Å². The molecule has 5 nitrogen and oxygen atoms in total. The van der Waals surface area contributed by atoms with Gasteiger partial charge < -0.3 is 20.4 Å². The average molecular weight is 290 g/mol. The lowest BCUT2D eigenvalue weighted by Gasteiger charge is -2.22. The Morgan fingerprint density at radius 3 is 2.67 bits per heavy atom. The van der Waals surface area contributed by atoms with E-state index >= 15 is 0 Å². The molecule has 0 aliphatic carbocycles. The molecule has 116 valence electrons. The Balaban J connectivity index is 2.10. The van der Waals surface area contributed by atoms with Crippen molar-refractivity contribution >= 4 is 17.3 Å². The van der Waals surface area contributed by atoms with Crippen molar-refractivity contribution in [2.75, 3.05) is 51.0 Å². The second-order valence-corrected chi connectivity index (χ2v) is 5.87. The summed E-state index contributed by atoms with van der Waals surface area (Å²) in [6.07, 6.45) is 1.02. The maximum absolute atomic E-state index is 12.0. The number of benzene rings is 1. The van der Waals surface area contributed by atoms with Gasteiger partial charge in [0.05, 0.1) is 0 Å². The van der Waals surface area contributed by atoms with E-state index < -0.39 is 0 Å². The molecule has 0 bridgehead atoms. The first-order valence-corrected chi connectivity index (χ1v) is 7.57. The first-order valence-electron chi connectivity index (χ1n) is 7.57. The van der Waals surface area contributed by atoms with E-state index in [9.17, 15) is 4.79 Å². The number of anilines is 2. The number of rotatable bonds is 7. The maximum atomic E-state index is 12.0. The van der Waals surface area contributed by atoms with Gasteiger partial charge in [0.25, 0.3) is 0 Å². The molecule has 1 aromatic carbocycles. The van der Waals surface area contributed by atoms with E-state index in [2.05, 4.69) is 66.7 Å². The highest BCUT2D eigenvalue weighted by molar-refractivity contribution is 6.03. The van der Waals surface area contributed by atoms with Gasteiger partial charge in [-0.25, -0.2) is 0 Å². The molecule has 0 fully saturated rings. The Morgan fingerprint density at radius 1 is 1.24 bits per heavy atom. The third-order valence-corrected chi connectivity index (χ3v) is 3.79. The number of nitrogens with zero attached hydrogens (tertiary/aromatic N) is 2. The monoisotopic (exact) mass is 290 g/mol. The van der Waals surface area contributed by atoms with E-state index in [4.69, 9.17) is 0 Å². The molecule has 1 aromatic rings. The van der Waals surface area contributed by atoms with E-state index in [1.54, 1.807) is 0 Å². The van der Waals surface area contributed by atoms with E-state index in [0.717, 1.165) is 43.0 Å². The number of hydrogen-bond acceptors (Lipinski definition) is 4. The average Bonchev–Trinajstić information content (AvgIpc) is 2.77. The van der Waals surface area contributed by atoms with Gasteiger partial charge in [-0.1, -0.05) is 13.0 Å². The van der Waals surface area contributed by atoms with Gasteiger partial charge in [0.1, 0.15) is 6.04 Å². The van der Waals surface area contributed by atoms with Crippen molar-refractivity contribution in [1.29, 1.82) is 0 Å². The Kier molecular flexibility index (Phi) is 5.20. The van der Waals surface area contributed by atoms with Crippen LogP contribution in [0.2, 0.25) is 0 Å². The quantitative estimate of drug-likeness (QED) is 0.802. The zero-order valence-corrected chi connectivity index (χ0v) is 13.4. The summed E-state index contributed by atoms with van der Waals surface area (Å²) in [6, 6.07) is 6.01. The summed E-state index contributed by atoms with van der Waals surface area (Å²) in [5.41, 5.74) is 3.12. The van der Waals surface area contributed by atoms with Crippen LogP contribution in [0.4, 0.5) is 11.4 Å². The number of carbonyl (C=O) groups excluding carboxylic acids is 1. The molecule has 1 unspecified atom stereocenters. The molecule has 1 atom stereocenters. The van der Waals surface area contributed by atoms with Gasteiger partial charge in [-0.05, 0) is 39.2 Å². The van der Waals surface area contributed by atoms with Crippen LogP contribution in [-0.2, 0) is 4.79 Å². The molecular weight excluding hydrogens is 264 g/mol. The largest absolute Gasteiger partial charge is 0.373 e. The van der Waals surface area contributed by atoms with Crippen molar-refractivity contribution in [3.05, 3.63) is 23.8 Å². The molecule has 0 saturated heterocycles. The molecule has 5 heteroatoms. The normalized spacial score (nSPS) is 17.0. The predicted molar refractivity (Wildman–Crippen MR) is 87.9 cm³/mol. The van der Waals surface area contributed by atoms with E-state index in [1.165, 1.54) is 0 Å². The summed E-state index contributed by atoms with van der Waals surface area (Å²) in [7, 11) is 6.22. The number of fused-ring (bicyclic) bond motifs is 1. The third-order valence-electron chi connectivity index (χ3n) is 3.79. The number of hydrogen-bond donors (Lipinski definition) is 2. The van der Waals surface area contributed by atoms with Crippen LogP contribution < -0.4 is 15.5 Å². The van der Waals surface area contributed by atoms with Gasteiger partial charge >= 0.3 is 0 Å². The number of amides is 1. The molecule has 1 amide bonds. The third kappa shape index (κ3) is 3.74. The molecule has 2 N–H and O–H groups in total. The van der Waals surface area contributed by atoms with Gasteiger partial charge in [-0.3, -0.25) is 4.79 Å². The highest BCUT2D eigenvalue weighted by Crippen LogP contribution is 2.33. The number of carbonyl (C=O) groups is 1. The van der Waals surface area contributed by atoms with Gasteiger partial charge in [0.15, 0.2) is 0 Å². The minimum Gasteiger partial charge on any atom is -0.373 e. The van der Waals surface area contributed by atoms with Gasteiger partial charge in [0, 0.05) is 37.1 Å². The number of nitrogens with one attached hydrogen (secondary N) is 2. The van der Waals surface area contributed by atoms with Crippen LogP contribution >= 0.6 is 0 Å². The first-order chi connectivity index (χ1) is 10.0. The fourth-order valence-electron chi connectivity index (χ4n) is 2.46. The van der Waals surface area contributed by atoms with Crippen molar-refractivity contribution < 1.29 is 4.79 Å². The van der Waals surface area contributed by atoms with Crippen molar-refractivity contribution in [2.24, 2.45) is 0 Å². The summed E-state index contributed by atoms with van der Waals surface area (Å²) in [5, 5.41) is 6.27. The molecule has 21 heavy (non-hydrogen) atoms. The van der Waals surface area contributed by atoms with Crippen LogP contribution in [0.3, 0.4) is 0 Å². The molecule has 0 spiro atoms. The van der Waals surface area contributed by atoms with Crippen LogP contribution in [0.1, 0.15) is 24.9 Å².